The summed E-state index contributed by atoms with van der Waals surface area (Å²) in [5, 5.41) is 0. The summed E-state index contributed by atoms with van der Waals surface area (Å²) in [6.45, 7) is 2.41. The summed E-state index contributed by atoms with van der Waals surface area (Å²) in [7, 11) is -0.324. The first-order valence-electron chi connectivity index (χ1n) is 5.20. The minimum absolute atomic E-state index is 0.131. The molecule has 0 saturated carbocycles. The molecule has 1 aliphatic rings. The highest BCUT2D eigenvalue weighted by atomic mass is 28.2. The van der Waals surface area contributed by atoms with Gasteiger partial charge < -0.3 is 9.16 Å². The molecule has 0 bridgehead atoms. The Kier molecular flexibility index (Phi) is 5.97. The summed E-state index contributed by atoms with van der Waals surface area (Å²) in [4.78, 5) is 10.5. The summed E-state index contributed by atoms with van der Waals surface area (Å²) in [5.41, 5.74) is 2.81. The van der Waals surface area contributed by atoms with Gasteiger partial charge in [-0.1, -0.05) is 0 Å². The van der Waals surface area contributed by atoms with E-state index in [9.17, 15) is 4.79 Å². The summed E-state index contributed by atoms with van der Waals surface area (Å²) in [5.74, 6) is -0.131. The van der Waals surface area contributed by atoms with Gasteiger partial charge in [0, 0.05) is 22.7 Å². The van der Waals surface area contributed by atoms with Crippen molar-refractivity contribution in [1.29, 1.82) is 0 Å². The number of ether oxygens (including phenoxy) is 1. The molecule has 14 heavy (non-hydrogen) atoms. The van der Waals surface area contributed by atoms with Gasteiger partial charge >= 0.3 is 0 Å². The largest absolute Gasteiger partial charge is 0.525 e. The van der Waals surface area contributed by atoms with E-state index in [4.69, 9.17) is 9.16 Å². The van der Waals surface area contributed by atoms with Crippen LogP contribution < -0.4 is 0 Å². The molecule has 1 atom stereocenters. The van der Waals surface area contributed by atoms with E-state index in [1.54, 1.807) is 0 Å². The van der Waals surface area contributed by atoms with Gasteiger partial charge in [-0.25, -0.2) is 0 Å². The SMILES string of the molecule is CC(=O)O[SiH2]CC=[SiH]C1CCCCO1. The van der Waals surface area contributed by atoms with Crippen molar-refractivity contribution in [1.82, 2.24) is 0 Å². The van der Waals surface area contributed by atoms with Gasteiger partial charge in [0.15, 0.2) is 0 Å². The van der Waals surface area contributed by atoms with Crippen LogP contribution >= 0.6 is 0 Å². The fourth-order valence-electron chi connectivity index (χ4n) is 1.44. The Labute approximate surface area is 89.6 Å². The Balaban J connectivity index is 2.04. The van der Waals surface area contributed by atoms with Gasteiger partial charge in [-0.2, -0.15) is 0 Å². The minimum Gasteiger partial charge on any atom is -0.525 e. The minimum atomic E-state index is -0.623. The van der Waals surface area contributed by atoms with Crippen LogP contribution in [0.3, 0.4) is 0 Å². The second kappa shape index (κ2) is 7.08. The molecule has 1 fully saturated rings. The average molecular weight is 230 g/mol. The topological polar surface area (TPSA) is 35.5 Å². The first-order valence-corrected chi connectivity index (χ1v) is 8.12. The lowest BCUT2D eigenvalue weighted by atomic mass is 10.2. The van der Waals surface area contributed by atoms with Crippen molar-refractivity contribution < 1.29 is 14.0 Å². The Morgan fingerprint density at radius 1 is 1.71 bits per heavy atom. The van der Waals surface area contributed by atoms with E-state index in [0.717, 1.165) is 12.7 Å². The van der Waals surface area contributed by atoms with Crippen molar-refractivity contribution in [2.75, 3.05) is 6.61 Å². The third-order valence-corrected chi connectivity index (χ3v) is 5.56. The van der Waals surface area contributed by atoms with Crippen molar-refractivity contribution in [3.63, 3.8) is 0 Å². The van der Waals surface area contributed by atoms with Crippen LogP contribution in [-0.2, 0) is 14.0 Å². The lowest BCUT2D eigenvalue weighted by Gasteiger charge is -2.19. The first-order chi connectivity index (χ1) is 6.79. The van der Waals surface area contributed by atoms with E-state index in [2.05, 4.69) is 5.67 Å². The maximum absolute atomic E-state index is 10.5. The van der Waals surface area contributed by atoms with E-state index in [1.165, 1.54) is 26.2 Å². The molecule has 0 N–H and O–H groups in total. The Bertz CT molecular complexity index is 200. The fourth-order valence-corrected chi connectivity index (χ4v) is 4.13. The van der Waals surface area contributed by atoms with Gasteiger partial charge in [-0.05, 0) is 25.3 Å². The summed E-state index contributed by atoms with van der Waals surface area (Å²) in [6.07, 6.45) is 3.76. The standard InChI is InChI=1S/C9H18O3Si2/c1-8(10)12-14-7-6-13-9-4-2-3-5-11-9/h6,9,13H,2-5,7,14H2,1H3. The molecule has 1 heterocycles. The molecule has 3 nitrogen and oxygen atoms in total. The third kappa shape index (κ3) is 5.46. The molecule has 1 rings (SSSR count). The predicted octanol–water partition coefficient (Wildman–Crippen LogP) is -0.183. The number of hydrogen-bond acceptors (Lipinski definition) is 3. The molecule has 0 aromatic rings. The second-order valence-electron chi connectivity index (χ2n) is 3.46. The van der Waals surface area contributed by atoms with Crippen molar-refractivity contribution in [2.24, 2.45) is 0 Å². The van der Waals surface area contributed by atoms with E-state index in [0.29, 0.717) is 14.9 Å². The predicted molar refractivity (Wildman–Crippen MR) is 61.9 cm³/mol. The lowest BCUT2D eigenvalue weighted by Crippen LogP contribution is -2.22. The number of hydrogen-bond donors (Lipinski definition) is 0. The van der Waals surface area contributed by atoms with Crippen LogP contribution in [0.4, 0.5) is 0 Å². The first kappa shape index (κ1) is 11.8. The van der Waals surface area contributed by atoms with Crippen molar-refractivity contribution in [3.8, 4) is 0 Å². The Morgan fingerprint density at radius 3 is 3.21 bits per heavy atom. The van der Waals surface area contributed by atoms with Gasteiger partial charge in [0.05, 0.1) is 5.73 Å². The molecule has 0 aromatic carbocycles. The Hall–Kier alpha value is -0.266. The maximum Gasteiger partial charge on any atom is 0.288 e. The average Bonchev–Trinajstić information content (AvgIpc) is 2.18. The molecule has 1 aliphatic heterocycles. The molecule has 0 amide bonds. The van der Waals surface area contributed by atoms with Crippen LogP contribution in [0.5, 0.6) is 0 Å². The highest BCUT2D eigenvalue weighted by molar-refractivity contribution is 6.54. The molecule has 80 valence electrons. The van der Waals surface area contributed by atoms with Crippen LogP contribution in [0.2, 0.25) is 6.04 Å². The second-order valence-corrected chi connectivity index (χ2v) is 6.34. The van der Waals surface area contributed by atoms with E-state index in [-0.39, 0.29) is 5.97 Å². The van der Waals surface area contributed by atoms with Gasteiger partial charge in [0.1, 0.15) is 0 Å². The molecular formula is C9H18O3Si2. The van der Waals surface area contributed by atoms with Crippen molar-refractivity contribution >= 4 is 30.5 Å². The fraction of sp³-hybridized carbons (Fsp3) is 0.778. The van der Waals surface area contributed by atoms with Crippen molar-refractivity contribution in [2.45, 2.75) is 38.0 Å². The third-order valence-electron chi connectivity index (χ3n) is 2.16. The van der Waals surface area contributed by atoms with Crippen LogP contribution in [0.25, 0.3) is 0 Å². The molecule has 1 unspecified atom stereocenters. The van der Waals surface area contributed by atoms with E-state index < -0.39 is 9.76 Å². The van der Waals surface area contributed by atoms with E-state index >= 15 is 0 Å². The number of carbonyl (C=O) groups excluding carboxylic acids is 1. The zero-order chi connectivity index (χ0) is 10.2. The summed E-state index contributed by atoms with van der Waals surface area (Å²) < 4.78 is 10.6. The van der Waals surface area contributed by atoms with Crippen LogP contribution in [-0.4, -0.2) is 42.9 Å². The van der Waals surface area contributed by atoms with Gasteiger partial charge in [-0.15, -0.1) is 5.67 Å². The molecule has 5 heteroatoms. The Morgan fingerprint density at radius 2 is 2.57 bits per heavy atom. The highest BCUT2D eigenvalue weighted by Crippen LogP contribution is 2.09. The lowest BCUT2D eigenvalue weighted by molar-refractivity contribution is -0.131. The quantitative estimate of drug-likeness (QED) is 0.496. The van der Waals surface area contributed by atoms with Gasteiger partial charge in [0.2, 0.25) is 9.76 Å². The zero-order valence-corrected chi connectivity index (χ0v) is 11.3. The van der Waals surface area contributed by atoms with Gasteiger partial charge in [-0.3, -0.25) is 4.79 Å². The number of carbonyl (C=O) groups is 1. The van der Waals surface area contributed by atoms with Crippen LogP contribution in [0.15, 0.2) is 0 Å². The highest BCUT2D eigenvalue weighted by Gasteiger charge is 2.09. The van der Waals surface area contributed by atoms with Gasteiger partial charge in [0.25, 0.3) is 5.97 Å². The van der Waals surface area contributed by atoms with Crippen molar-refractivity contribution in [3.05, 3.63) is 0 Å². The normalized spacial score (nSPS) is 23.4. The zero-order valence-electron chi connectivity index (χ0n) is 8.70. The molecule has 0 aromatic heterocycles. The van der Waals surface area contributed by atoms with Crippen LogP contribution in [0.1, 0.15) is 26.2 Å². The number of rotatable bonds is 4. The molecule has 0 spiro atoms. The smallest absolute Gasteiger partial charge is 0.288 e. The molecule has 0 radical (unpaired) electrons. The summed E-state index contributed by atoms with van der Waals surface area (Å²) >= 11 is 0. The molecular weight excluding hydrogens is 212 g/mol. The molecule has 0 aliphatic carbocycles. The summed E-state index contributed by atoms with van der Waals surface area (Å²) in [6, 6.07) is 1.01. The van der Waals surface area contributed by atoms with Crippen LogP contribution in [0, 0.1) is 0 Å². The molecule has 1 saturated heterocycles. The van der Waals surface area contributed by atoms with E-state index in [1.807, 2.05) is 0 Å². The maximum atomic E-state index is 10.5. The monoisotopic (exact) mass is 230 g/mol.